The molecular formula is C17H31N2O6S+. The Bertz CT molecular complexity index is 615. The number of Topliss-reactive ketones (excluding diaryl/α,β-unsaturated/α-hetero) is 1. The van der Waals surface area contributed by atoms with Gasteiger partial charge in [-0.05, 0) is 12.8 Å². The van der Waals surface area contributed by atoms with Crippen molar-refractivity contribution in [2.24, 2.45) is 0 Å². The Kier molecular flexibility index (Phi) is 10.0. The highest BCUT2D eigenvalue weighted by Gasteiger charge is 2.36. The Labute approximate surface area is 155 Å². The van der Waals surface area contributed by atoms with Gasteiger partial charge in [-0.25, -0.2) is 0 Å². The zero-order chi connectivity index (χ0) is 19.6. The summed E-state index contributed by atoms with van der Waals surface area (Å²) in [6, 6.07) is 0. The number of hydrogen-bond acceptors (Lipinski definition) is 6. The van der Waals surface area contributed by atoms with Crippen molar-refractivity contribution in [2.45, 2.75) is 45.1 Å². The van der Waals surface area contributed by atoms with Gasteiger partial charge in [-0.1, -0.05) is 31.9 Å². The number of allylic oxidation sites excluding steroid dienone is 2. The number of hydrogen-bond donors (Lipinski definition) is 3. The van der Waals surface area contributed by atoms with Crippen molar-refractivity contribution in [2.75, 3.05) is 38.5 Å². The maximum absolute atomic E-state index is 12.6. The zero-order valence-electron chi connectivity index (χ0n) is 15.4. The average Bonchev–Trinajstić information content (AvgIpc) is 2.91. The van der Waals surface area contributed by atoms with E-state index in [1.54, 1.807) is 9.48 Å². The quantitative estimate of drug-likeness (QED) is 0.176. The van der Waals surface area contributed by atoms with E-state index in [-0.39, 0.29) is 18.9 Å². The fourth-order valence-electron chi connectivity index (χ4n) is 2.96. The standard InChI is InChI=1S/C17H30N2O6S/c1-2-3-4-5-6-7-8-16(22)17-18(11-12-20)9-10-19(17)13-15(21)14-26(23,24)25/h5-6,15,20-21H,2-4,7-14H2,1H3/p+1/b6-5+. The predicted molar refractivity (Wildman–Crippen MR) is 99.0 cm³/mol. The summed E-state index contributed by atoms with van der Waals surface area (Å²) in [7, 11) is -4.29. The smallest absolute Gasteiger partial charge is 0.316 e. The number of carbonyl (C=O) groups excluding carboxylic acids is 1. The largest absolute Gasteiger partial charge is 0.392 e. The average molecular weight is 392 g/mol. The normalized spacial score (nSPS) is 16.7. The number of unbranched alkanes of at least 4 members (excludes halogenated alkanes) is 2. The first-order valence-corrected chi connectivity index (χ1v) is 10.7. The molecule has 0 aliphatic carbocycles. The third-order valence-electron chi connectivity index (χ3n) is 4.12. The van der Waals surface area contributed by atoms with Crippen molar-refractivity contribution < 1.29 is 32.6 Å². The van der Waals surface area contributed by atoms with Crippen LogP contribution in [0.2, 0.25) is 0 Å². The molecule has 0 radical (unpaired) electrons. The maximum Gasteiger partial charge on any atom is 0.316 e. The minimum Gasteiger partial charge on any atom is -0.392 e. The summed E-state index contributed by atoms with van der Waals surface area (Å²) < 4.78 is 32.3. The van der Waals surface area contributed by atoms with E-state index < -0.39 is 22.0 Å². The molecule has 0 bridgehead atoms. The molecule has 1 unspecified atom stereocenters. The van der Waals surface area contributed by atoms with Crippen LogP contribution in [0.3, 0.4) is 0 Å². The Balaban J connectivity index is 2.76. The van der Waals surface area contributed by atoms with Crippen molar-refractivity contribution in [3.8, 4) is 0 Å². The first-order valence-electron chi connectivity index (χ1n) is 9.07. The van der Waals surface area contributed by atoms with Gasteiger partial charge in [0.2, 0.25) is 5.78 Å². The van der Waals surface area contributed by atoms with Crippen LogP contribution in [0.1, 0.15) is 39.0 Å². The van der Waals surface area contributed by atoms with Crippen LogP contribution in [0.4, 0.5) is 0 Å². The molecule has 0 amide bonds. The van der Waals surface area contributed by atoms with Crippen LogP contribution in [0.5, 0.6) is 0 Å². The first-order chi connectivity index (χ1) is 12.3. The summed E-state index contributed by atoms with van der Waals surface area (Å²) in [5.74, 6) is -0.476. The molecule has 0 spiro atoms. The summed E-state index contributed by atoms with van der Waals surface area (Å²) in [6.07, 6.45) is 6.91. The highest BCUT2D eigenvalue weighted by atomic mass is 32.2. The Morgan fingerprint density at radius 3 is 2.65 bits per heavy atom. The fourth-order valence-corrected chi connectivity index (χ4v) is 3.55. The molecule has 0 saturated heterocycles. The summed E-state index contributed by atoms with van der Waals surface area (Å²) in [6.45, 7) is 3.24. The third-order valence-corrected chi connectivity index (χ3v) is 4.93. The summed E-state index contributed by atoms with van der Waals surface area (Å²) in [5, 5.41) is 19.1. The van der Waals surface area contributed by atoms with E-state index in [0.717, 1.165) is 19.3 Å². The number of aliphatic hydroxyl groups excluding tert-OH is 2. The van der Waals surface area contributed by atoms with Gasteiger partial charge in [0.25, 0.3) is 10.1 Å². The maximum atomic E-state index is 12.6. The number of ketones is 1. The van der Waals surface area contributed by atoms with Gasteiger partial charge in [0.15, 0.2) is 0 Å². The van der Waals surface area contributed by atoms with Gasteiger partial charge >= 0.3 is 5.84 Å². The van der Waals surface area contributed by atoms with E-state index in [1.807, 2.05) is 6.08 Å². The third kappa shape index (κ3) is 8.39. The second kappa shape index (κ2) is 11.4. The van der Waals surface area contributed by atoms with Crippen molar-refractivity contribution in [3.63, 3.8) is 0 Å². The van der Waals surface area contributed by atoms with Crippen LogP contribution in [0.25, 0.3) is 0 Å². The number of rotatable bonds is 13. The molecule has 1 atom stereocenters. The predicted octanol–water partition coefficient (Wildman–Crippen LogP) is 0.0497. The molecule has 0 aromatic rings. The lowest BCUT2D eigenvalue weighted by Gasteiger charge is -2.12. The molecule has 1 aliphatic heterocycles. The Hall–Kier alpha value is -1.29. The van der Waals surface area contributed by atoms with E-state index >= 15 is 0 Å². The van der Waals surface area contributed by atoms with Crippen molar-refractivity contribution in [1.82, 2.24) is 4.90 Å². The molecule has 9 heteroatoms. The van der Waals surface area contributed by atoms with Crippen molar-refractivity contribution in [1.29, 1.82) is 0 Å². The fraction of sp³-hybridized carbons (Fsp3) is 0.765. The van der Waals surface area contributed by atoms with Gasteiger partial charge in [-0.3, -0.25) is 18.8 Å². The highest BCUT2D eigenvalue weighted by Crippen LogP contribution is 2.08. The van der Waals surface area contributed by atoms with Gasteiger partial charge in [-0.2, -0.15) is 8.42 Å². The minimum absolute atomic E-state index is 0.0604. The molecule has 0 saturated carbocycles. The molecule has 26 heavy (non-hydrogen) atoms. The monoisotopic (exact) mass is 391 g/mol. The molecule has 1 rings (SSSR count). The lowest BCUT2D eigenvalue weighted by molar-refractivity contribution is -0.525. The van der Waals surface area contributed by atoms with Crippen LogP contribution in [0, 0.1) is 0 Å². The molecular weight excluding hydrogens is 360 g/mol. The number of carbonyl (C=O) groups is 1. The van der Waals surface area contributed by atoms with Gasteiger partial charge < -0.3 is 10.2 Å². The van der Waals surface area contributed by atoms with Crippen molar-refractivity contribution in [3.05, 3.63) is 12.2 Å². The van der Waals surface area contributed by atoms with Crippen LogP contribution >= 0.6 is 0 Å². The topological polar surface area (TPSA) is 118 Å². The van der Waals surface area contributed by atoms with Gasteiger partial charge in [-0.15, -0.1) is 0 Å². The molecule has 0 fully saturated rings. The molecule has 0 aromatic carbocycles. The van der Waals surface area contributed by atoms with Gasteiger partial charge in [0.05, 0.1) is 6.61 Å². The van der Waals surface area contributed by atoms with Crippen LogP contribution in [-0.2, 0) is 14.9 Å². The second-order valence-corrected chi connectivity index (χ2v) is 7.96. The zero-order valence-corrected chi connectivity index (χ0v) is 16.2. The first kappa shape index (κ1) is 22.8. The Morgan fingerprint density at radius 2 is 2.04 bits per heavy atom. The van der Waals surface area contributed by atoms with Crippen LogP contribution in [-0.4, -0.2) is 88.9 Å². The molecule has 150 valence electrons. The SMILES string of the molecule is CCCC/C=C/CCC(=O)C1=[N+](CC(O)CS(=O)(=O)O)CCN1CCO. The number of aliphatic hydroxyl groups is 2. The molecule has 1 aliphatic rings. The number of amidine groups is 1. The van der Waals surface area contributed by atoms with E-state index in [9.17, 15) is 23.4 Å². The second-order valence-electron chi connectivity index (χ2n) is 6.46. The van der Waals surface area contributed by atoms with Crippen molar-refractivity contribution >= 4 is 21.7 Å². The number of nitrogens with zero attached hydrogens (tertiary/aromatic N) is 2. The molecule has 8 nitrogen and oxygen atoms in total. The summed E-state index contributed by atoms with van der Waals surface area (Å²) in [5.41, 5.74) is 0. The Morgan fingerprint density at radius 1 is 1.35 bits per heavy atom. The van der Waals surface area contributed by atoms with Crippen LogP contribution < -0.4 is 0 Å². The van der Waals surface area contributed by atoms with E-state index in [2.05, 4.69) is 13.0 Å². The summed E-state index contributed by atoms with van der Waals surface area (Å²) in [4.78, 5) is 14.4. The van der Waals surface area contributed by atoms with Gasteiger partial charge in [0, 0.05) is 6.42 Å². The lowest BCUT2D eigenvalue weighted by Crippen LogP contribution is -2.40. The summed E-state index contributed by atoms with van der Waals surface area (Å²) >= 11 is 0. The minimum atomic E-state index is -4.29. The van der Waals surface area contributed by atoms with Crippen LogP contribution in [0.15, 0.2) is 12.2 Å². The highest BCUT2D eigenvalue weighted by molar-refractivity contribution is 7.85. The molecule has 0 aromatic heterocycles. The molecule has 1 heterocycles. The van der Waals surface area contributed by atoms with E-state index in [0.29, 0.717) is 38.3 Å². The van der Waals surface area contributed by atoms with E-state index in [1.165, 1.54) is 0 Å². The molecule has 3 N–H and O–H groups in total. The lowest BCUT2D eigenvalue weighted by atomic mass is 10.1. The van der Waals surface area contributed by atoms with Gasteiger partial charge in [0.1, 0.15) is 38.0 Å². The van der Waals surface area contributed by atoms with E-state index in [4.69, 9.17) is 4.55 Å². The number of β-amino-alcohol motifs (C(OH)–C–C–N with tert-alkyl or cyclic N) is 2.